The number of urea groups is 1. The first-order valence-electron chi connectivity index (χ1n) is 16.5. The van der Waals surface area contributed by atoms with Gasteiger partial charge in [0, 0.05) is 34.4 Å². The van der Waals surface area contributed by atoms with Crippen molar-refractivity contribution in [3.8, 4) is 0 Å². The minimum atomic E-state index is -3.30. The molecule has 0 aliphatic heterocycles. The molecule has 0 saturated heterocycles. The lowest BCUT2D eigenvalue weighted by molar-refractivity contribution is -0.124. The zero-order valence-electron chi connectivity index (χ0n) is 29.5. The molecule has 0 spiro atoms. The van der Waals surface area contributed by atoms with Crippen LogP contribution in [0.4, 0.5) is 9.59 Å². The molecule has 1 aromatic heterocycles. The van der Waals surface area contributed by atoms with E-state index in [0.29, 0.717) is 0 Å². The van der Waals surface area contributed by atoms with Gasteiger partial charge in [-0.2, -0.15) is 0 Å². The fraction of sp³-hybridized carbons (Fsp3) is 0.419. The van der Waals surface area contributed by atoms with Gasteiger partial charge >= 0.3 is 12.1 Å². The maximum absolute atomic E-state index is 13.7. The average molecular weight is 602 g/mol. The summed E-state index contributed by atoms with van der Waals surface area (Å²) in [5.41, 5.74) is 3.28. The third-order valence-corrected chi connectivity index (χ3v) is 7.28. The molecule has 4 atom stereocenters. The van der Waals surface area contributed by atoms with E-state index < -0.39 is 62.1 Å². The normalized spacial score (nSPS) is 16.6. The number of amides is 4. The first-order valence-corrected chi connectivity index (χ1v) is 14.4. The van der Waals surface area contributed by atoms with Crippen LogP contribution < -0.4 is 16.0 Å². The standard InChI is InChI=1S/C31H41N5O5S/c1-21(2)28(35-30(39)36(3)4)29(38)33-24(15-22-11-7-5-8-12-22)17-27(37)26(16-23-13-9-6-10-14-23)34-31(40)41-19-25-18-32-20-42-25/h5-14,18,20-21,24,26-28,37H,15-17,19H2,1-4H3,(H,33,38)(H,34,40)(H,35,39)/t24-,26-,27-,28?/m0/s1/i3D3,4D3. The van der Waals surface area contributed by atoms with Crippen LogP contribution in [0.3, 0.4) is 0 Å². The number of aromatic nitrogens is 1. The van der Waals surface area contributed by atoms with Gasteiger partial charge in [0.05, 0.1) is 22.5 Å². The van der Waals surface area contributed by atoms with Crippen LogP contribution in [0.25, 0.3) is 0 Å². The van der Waals surface area contributed by atoms with E-state index in [1.807, 2.05) is 60.7 Å². The molecular weight excluding hydrogens is 554 g/mol. The zero-order chi connectivity index (χ0) is 35.5. The van der Waals surface area contributed by atoms with Crippen LogP contribution in [-0.2, 0) is 29.0 Å². The van der Waals surface area contributed by atoms with Crippen LogP contribution in [-0.4, -0.2) is 71.2 Å². The molecular formula is C31H41N5O5S. The summed E-state index contributed by atoms with van der Waals surface area (Å²) in [6.45, 7) is -3.37. The van der Waals surface area contributed by atoms with Crippen molar-refractivity contribution in [2.45, 2.75) is 63.9 Å². The summed E-state index contributed by atoms with van der Waals surface area (Å²) in [6.07, 6.45) is 0.109. The molecule has 2 aromatic carbocycles. The van der Waals surface area contributed by atoms with Gasteiger partial charge in [0.15, 0.2) is 0 Å². The molecule has 0 radical (unpaired) electrons. The molecule has 4 amide bonds. The molecule has 0 saturated carbocycles. The van der Waals surface area contributed by atoms with E-state index >= 15 is 0 Å². The zero-order valence-corrected chi connectivity index (χ0v) is 24.3. The molecule has 42 heavy (non-hydrogen) atoms. The van der Waals surface area contributed by atoms with Gasteiger partial charge in [-0.05, 0) is 36.3 Å². The lowest BCUT2D eigenvalue weighted by Crippen LogP contribution is -2.55. The van der Waals surface area contributed by atoms with E-state index in [-0.39, 0.29) is 30.8 Å². The lowest BCUT2D eigenvalue weighted by atomic mass is 9.93. The molecule has 0 aliphatic rings. The maximum atomic E-state index is 13.7. The predicted octanol–water partition coefficient (Wildman–Crippen LogP) is 3.75. The number of nitrogens with one attached hydrogen (secondary N) is 3. The highest BCUT2D eigenvalue weighted by molar-refractivity contribution is 7.09. The van der Waals surface area contributed by atoms with E-state index in [0.717, 1.165) is 16.0 Å². The SMILES string of the molecule is [2H]C([2H])([2H])N(C(=O)NC(C(=O)N[C@@H](Cc1ccccc1)C[C@H](O)[C@H](Cc1ccccc1)NC(=O)OCc1cncs1)C(C)C)C([2H])([2H])[2H]. The van der Waals surface area contributed by atoms with Crippen molar-refractivity contribution in [3.63, 3.8) is 0 Å². The highest BCUT2D eigenvalue weighted by Gasteiger charge is 2.30. The maximum Gasteiger partial charge on any atom is 0.407 e. The Hall–Kier alpha value is -3.96. The second-order valence-corrected chi connectivity index (χ2v) is 11.2. The van der Waals surface area contributed by atoms with Crippen molar-refractivity contribution in [1.82, 2.24) is 25.8 Å². The van der Waals surface area contributed by atoms with Crippen molar-refractivity contribution < 1.29 is 32.5 Å². The van der Waals surface area contributed by atoms with Crippen LogP contribution in [0.5, 0.6) is 0 Å². The smallest absolute Gasteiger partial charge is 0.407 e. The second kappa shape index (κ2) is 16.5. The topological polar surface area (TPSA) is 133 Å². The summed E-state index contributed by atoms with van der Waals surface area (Å²) in [5.74, 6) is -1.29. The Kier molecular flexibility index (Phi) is 9.66. The first-order chi connectivity index (χ1) is 22.5. The minimum Gasteiger partial charge on any atom is -0.444 e. The Bertz CT molecular complexity index is 1430. The van der Waals surface area contributed by atoms with Gasteiger partial charge < -0.3 is 30.7 Å². The molecule has 10 nitrogen and oxygen atoms in total. The molecule has 226 valence electrons. The number of rotatable bonds is 14. The quantitative estimate of drug-likeness (QED) is 0.223. The van der Waals surface area contributed by atoms with Crippen molar-refractivity contribution in [1.29, 1.82) is 0 Å². The second-order valence-electron chi connectivity index (χ2n) is 10.2. The Labute approximate surface area is 259 Å². The van der Waals surface area contributed by atoms with E-state index in [2.05, 4.69) is 20.9 Å². The summed E-state index contributed by atoms with van der Waals surface area (Å²) in [4.78, 5) is 43.8. The van der Waals surface area contributed by atoms with Gasteiger partial charge in [-0.15, -0.1) is 11.3 Å². The average Bonchev–Trinajstić information content (AvgIpc) is 3.52. The number of aliphatic hydroxyl groups excluding tert-OH is 1. The number of alkyl carbamates (subject to hydrolysis) is 1. The summed E-state index contributed by atoms with van der Waals surface area (Å²) in [7, 11) is 0. The molecule has 0 bridgehead atoms. The van der Waals surface area contributed by atoms with Gasteiger partial charge in [0.2, 0.25) is 5.91 Å². The number of aliphatic hydroxyl groups is 1. The highest BCUT2D eigenvalue weighted by atomic mass is 32.1. The van der Waals surface area contributed by atoms with Crippen molar-refractivity contribution in [2.75, 3.05) is 14.0 Å². The number of hydrogen-bond donors (Lipinski definition) is 4. The number of hydrogen-bond acceptors (Lipinski definition) is 7. The Balaban J connectivity index is 1.82. The molecule has 1 unspecified atom stereocenters. The fourth-order valence-corrected chi connectivity index (χ4v) is 4.87. The van der Waals surface area contributed by atoms with Crippen molar-refractivity contribution >= 4 is 29.4 Å². The van der Waals surface area contributed by atoms with Crippen LogP contribution >= 0.6 is 11.3 Å². The van der Waals surface area contributed by atoms with E-state index in [1.165, 1.54) is 11.3 Å². The third-order valence-electron chi connectivity index (χ3n) is 6.52. The van der Waals surface area contributed by atoms with Crippen LogP contribution in [0.1, 0.15) is 44.5 Å². The van der Waals surface area contributed by atoms with Crippen LogP contribution in [0.2, 0.25) is 0 Å². The number of ether oxygens (including phenoxy) is 1. The lowest BCUT2D eigenvalue weighted by Gasteiger charge is -2.30. The van der Waals surface area contributed by atoms with E-state index in [1.54, 1.807) is 25.6 Å². The summed E-state index contributed by atoms with van der Waals surface area (Å²) in [5, 5.41) is 19.4. The molecule has 11 heteroatoms. The van der Waals surface area contributed by atoms with Gasteiger partial charge in [-0.25, -0.2) is 9.59 Å². The van der Waals surface area contributed by atoms with Gasteiger partial charge in [0.25, 0.3) is 0 Å². The number of carbonyl (C=O) groups is 3. The third kappa shape index (κ3) is 10.8. The monoisotopic (exact) mass is 601 g/mol. The predicted molar refractivity (Wildman–Crippen MR) is 163 cm³/mol. The van der Waals surface area contributed by atoms with Crippen LogP contribution in [0, 0.1) is 5.92 Å². The van der Waals surface area contributed by atoms with Gasteiger partial charge in [-0.1, -0.05) is 74.5 Å². The molecule has 0 aliphatic carbocycles. The Morgan fingerprint density at radius 3 is 2.19 bits per heavy atom. The highest BCUT2D eigenvalue weighted by Crippen LogP contribution is 2.16. The van der Waals surface area contributed by atoms with Crippen LogP contribution in [0.15, 0.2) is 72.4 Å². The molecule has 3 aromatic rings. The summed E-state index contributed by atoms with van der Waals surface area (Å²) >= 11 is 1.33. The van der Waals surface area contributed by atoms with E-state index in [4.69, 9.17) is 13.0 Å². The number of thiazole rings is 1. The molecule has 0 fully saturated rings. The number of nitrogens with zero attached hydrogens (tertiary/aromatic N) is 2. The Morgan fingerprint density at radius 2 is 1.62 bits per heavy atom. The van der Waals surface area contributed by atoms with Crippen molar-refractivity contribution in [2.24, 2.45) is 5.92 Å². The van der Waals surface area contributed by atoms with Gasteiger partial charge in [0.1, 0.15) is 12.6 Å². The number of benzene rings is 2. The van der Waals surface area contributed by atoms with Gasteiger partial charge in [-0.3, -0.25) is 9.78 Å². The van der Waals surface area contributed by atoms with E-state index in [9.17, 15) is 19.5 Å². The summed E-state index contributed by atoms with van der Waals surface area (Å²) < 4.78 is 50.6. The first kappa shape index (κ1) is 24.6. The minimum absolute atomic E-state index is 0.000629. The fourth-order valence-electron chi connectivity index (χ4n) is 4.37. The largest absolute Gasteiger partial charge is 0.444 e. The summed E-state index contributed by atoms with van der Waals surface area (Å²) in [6, 6.07) is 14.0. The molecule has 1 heterocycles. The van der Waals surface area contributed by atoms with Crippen molar-refractivity contribution in [3.05, 3.63) is 88.4 Å². The number of carbonyl (C=O) groups excluding carboxylic acids is 3. The Morgan fingerprint density at radius 1 is 0.976 bits per heavy atom. The molecule has 3 rings (SSSR count). The molecule has 4 N–H and O–H groups in total.